The van der Waals surface area contributed by atoms with Crippen LogP contribution in [0.1, 0.15) is 52.4 Å². The molecule has 1 fully saturated rings. The second-order valence-corrected chi connectivity index (χ2v) is 6.08. The summed E-state index contributed by atoms with van der Waals surface area (Å²) in [5.41, 5.74) is -0.806. The molecule has 6 nitrogen and oxygen atoms in total. The summed E-state index contributed by atoms with van der Waals surface area (Å²) in [5.74, 6) is -0.815. The van der Waals surface area contributed by atoms with E-state index in [4.69, 9.17) is 0 Å². The number of aliphatic carboxylic acids is 1. The van der Waals surface area contributed by atoms with Gasteiger partial charge in [-0.05, 0) is 32.6 Å². The maximum absolute atomic E-state index is 12.1. The van der Waals surface area contributed by atoms with Crippen LogP contribution < -0.4 is 5.32 Å². The largest absolute Gasteiger partial charge is 0.481 e. The number of rotatable bonds is 7. The van der Waals surface area contributed by atoms with Gasteiger partial charge in [-0.15, -0.1) is 0 Å². The van der Waals surface area contributed by atoms with Gasteiger partial charge in [0.15, 0.2) is 0 Å². The van der Waals surface area contributed by atoms with Crippen LogP contribution in [-0.2, 0) is 14.4 Å². The molecule has 21 heavy (non-hydrogen) atoms. The second kappa shape index (κ2) is 8.00. The van der Waals surface area contributed by atoms with Crippen molar-refractivity contribution in [2.24, 2.45) is 5.41 Å². The lowest BCUT2D eigenvalue weighted by atomic mass is 9.82. The molecule has 0 aliphatic carbocycles. The summed E-state index contributed by atoms with van der Waals surface area (Å²) in [6, 6.07) is 0. The van der Waals surface area contributed by atoms with Crippen molar-refractivity contribution in [2.75, 3.05) is 19.6 Å². The molecule has 0 bridgehead atoms. The van der Waals surface area contributed by atoms with Gasteiger partial charge in [0.05, 0.1) is 5.41 Å². The molecule has 0 aromatic heterocycles. The first kappa shape index (κ1) is 17.5. The molecule has 6 heteroatoms. The van der Waals surface area contributed by atoms with Crippen LogP contribution in [0.15, 0.2) is 0 Å². The summed E-state index contributed by atoms with van der Waals surface area (Å²) in [6.45, 7) is 4.81. The maximum atomic E-state index is 12.1. The van der Waals surface area contributed by atoms with Gasteiger partial charge in [0, 0.05) is 33.0 Å². The highest BCUT2D eigenvalue weighted by Crippen LogP contribution is 2.30. The second-order valence-electron chi connectivity index (χ2n) is 6.08. The Balaban J connectivity index is 2.26. The topological polar surface area (TPSA) is 86.7 Å². The first-order valence-corrected chi connectivity index (χ1v) is 7.61. The number of nitrogens with one attached hydrogen (secondary N) is 1. The van der Waals surface area contributed by atoms with Crippen molar-refractivity contribution in [1.82, 2.24) is 10.2 Å². The molecule has 1 heterocycles. The highest BCUT2D eigenvalue weighted by Gasteiger charge is 2.39. The number of carbonyl (C=O) groups excluding carboxylic acids is 2. The Hall–Kier alpha value is -1.59. The molecule has 0 saturated carbocycles. The van der Waals surface area contributed by atoms with Crippen LogP contribution in [0.4, 0.5) is 0 Å². The molecule has 0 spiro atoms. The van der Waals surface area contributed by atoms with Crippen LogP contribution in [0.5, 0.6) is 0 Å². The highest BCUT2D eigenvalue weighted by atomic mass is 16.4. The molecule has 120 valence electrons. The number of carboxylic acids is 1. The number of nitrogens with zero attached hydrogens (tertiary/aromatic N) is 1. The predicted octanol–water partition coefficient (Wildman–Crippen LogP) is 1.40. The quantitative estimate of drug-likeness (QED) is 0.695. The third kappa shape index (κ3) is 5.73. The van der Waals surface area contributed by atoms with Crippen molar-refractivity contribution >= 4 is 17.8 Å². The Morgan fingerprint density at radius 1 is 1.24 bits per heavy atom. The van der Waals surface area contributed by atoms with Crippen LogP contribution >= 0.6 is 0 Å². The van der Waals surface area contributed by atoms with Gasteiger partial charge < -0.3 is 15.3 Å². The lowest BCUT2D eigenvalue weighted by Gasteiger charge is -2.37. The van der Waals surface area contributed by atoms with Gasteiger partial charge in [0.25, 0.3) is 0 Å². The highest BCUT2D eigenvalue weighted by molar-refractivity contribution is 5.79. The molecule has 1 rings (SSSR count). The monoisotopic (exact) mass is 298 g/mol. The smallest absolute Gasteiger partial charge is 0.311 e. The Morgan fingerprint density at radius 3 is 2.57 bits per heavy atom. The minimum Gasteiger partial charge on any atom is -0.481 e. The number of piperidine rings is 1. The van der Waals surface area contributed by atoms with E-state index < -0.39 is 11.4 Å². The summed E-state index contributed by atoms with van der Waals surface area (Å²) in [4.78, 5) is 35.7. The fourth-order valence-corrected chi connectivity index (χ4v) is 2.63. The molecular weight excluding hydrogens is 272 g/mol. The average molecular weight is 298 g/mol. The molecule has 1 aliphatic heterocycles. The lowest BCUT2D eigenvalue weighted by molar-refractivity contribution is -0.153. The number of amides is 2. The third-order valence-corrected chi connectivity index (χ3v) is 4.01. The molecule has 1 atom stereocenters. The first-order chi connectivity index (χ1) is 9.85. The summed E-state index contributed by atoms with van der Waals surface area (Å²) in [6.07, 6.45) is 4.35. The summed E-state index contributed by atoms with van der Waals surface area (Å²) in [5, 5.41) is 12.0. The fraction of sp³-hybridized carbons (Fsp3) is 0.800. The van der Waals surface area contributed by atoms with E-state index in [9.17, 15) is 19.5 Å². The molecule has 1 saturated heterocycles. The number of carbonyl (C=O) groups is 3. The standard InChI is InChI=1S/C15H26N2O4/c1-12(18)16-9-5-3-4-7-13(19)17-10-6-8-15(2,11-17)14(20)21/h3-11H2,1-2H3,(H,16,18)(H,20,21). The summed E-state index contributed by atoms with van der Waals surface area (Å²) >= 11 is 0. The Morgan fingerprint density at radius 2 is 1.95 bits per heavy atom. The van der Waals surface area contributed by atoms with Crippen molar-refractivity contribution < 1.29 is 19.5 Å². The van der Waals surface area contributed by atoms with Crippen molar-refractivity contribution in [3.05, 3.63) is 0 Å². The number of hydrogen-bond donors (Lipinski definition) is 2. The van der Waals surface area contributed by atoms with Crippen LogP contribution in [0.3, 0.4) is 0 Å². The Labute approximate surface area is 125 Å². The summed E-state index contributed by atoms with van der Waals surface area (Å²) in [7, 11) is 0. The van der Waals surface area contributed by atoms with Crippen molar-refractivity contribution in [3.8, 4) is 0 Å². The van der Waals surface area contributed by atoms with Crippen LogP contribution in [-0.4, -0.2) is 47.4 Å². The van der Waals surface area contributed by atoms with E-state index >= 15 is 0 Å². The predicted molar refractivity (Wildman–Crippen MR) is 78.7 cm³/mol. The zero-order valence-corrected chi connectivity index (χ0v) is 13.0. The molecule has 2 N–H and O–H groups in total. The molecule has 1 aliphatic rings. The normalized spacial score (nSPS) is 21.9. The fourth-order valence-electron chi connectivity index (χ4n) is 2.63. The molecule has 0 radical (unpaired) electrons. The zero-order valence-electron chi connectivity index (χ0n) is 13.0. The van der Waals surface area contributed by atoms with E-state index in [2.05, 4.69) is 5.32 Å². The van der Waals surface area contributed by atoms with Gasteiger partial charge in [0.1, 0.15) is 0 Å². The van der Waals surface area contributed by atoms with Crippen LogP contribution in [0.2, 0.25) is 0 Å². The third-order valence-electron chi connectivity index (χ3n) is 4.01. The van der Waals surface area contributed by atoms with Crippen LogP contribution in [0, 0.1) is 5.41 Å². The molecular formula is C15H26N2O4. The minimum atomic E-state index is -0.824. The van der Waals surface area contributed by atoms with Gasteiger partial charge in [-0.1, -0.05) is 6.42 Å². The molecule has 2 amide bonds. The minimum absolute atomic E-state index is 0.0349. The molecule has 1 unspecified atom stereocenters. The van der Waals surface area contributed by atoms with Crippen molar-refractivity contribution in [1.29, 1.82) is 0 Å². The van der Waals surface area contributed by atoms with Crippen molar-refractivity contribution in [2.45, 2.75) is 52.4 Å². The van der Waals surface area contributed by atoms with Crippen LogP contribution in [0.25, 0.3) is 0 Å². The van der Waals surface area contributed by atoms with Gasteiger partial charge in [-0.2, -0.15) is 0 Å². The lowest BCUT2D eigenvalue weighted by Crippen LogP contribution is -2.48. The van der Waals surface area contributed by atoms with Gasteiger partial charge in [0.2, 0.25) is 11.8 Å². The number of unbranched alkanes of at least 4 members (excludes halogenated alkanes) is 2. The van der Waals surface area contributed by atoms with Crippen molar-refractivity contribution in [3.63, 3.8) is 0 Å². The number of likely N-dealkylation sites (tertiary alicyclic amines) is 1. The van der Waals surface area contributed by atoms with E-state index in [-0.39, 0.29) is 11.8 Å². The van der Waals surface area contributed by atoms with Gasteiger partial charge in [-0.3, -0.25) is 14.4 Å². The molecule has 0 aromatic rings. The number of hydrogen-bond acceptors (Lipinski definition) is 3. The number of carboxylic acid groups (broad SMARTS) is 1. The SMILES string of the molecule is CC(=O)NCCCCCC(=O)N1CCCC(C)(C(=O)O)C1. The zero-order chi connectivity index (χ0) is 15.9. The van der Waals surface area contributed by atoms with E-state index in [1.54, 1.807) is 11.8 Å². The van der Waals surface area contributed by atoms with E-state index in [0.717, 1.165) is 25.7 Å². The first-order valence-electron chi connectivity index (χ1n) is 7.61. The van der Waals surface area contributed by atoms with E-state index in [1.165, 1.54) is 6.92 Å². The molecule has 0 aromatic carbocycles. The maximum Gasteiger partial charge on any atom is 0.311 e. The average Bonchev–Trinajstić information content (AvgIpc) is 2.42. The van der Waals surface area contributed by atoms with E-state index in [0.29, 0.717) is 32.5 Å². The van der Waals surface area contributed by atoms with E-state index in [1.807, 2.05) is 0 Å². The Bertz CT molecular complexity index is 397. The summed E-state index contributed by atoms with van der Waals surface area (Å²) < 4.78 is 0. The van der Waals surface area contributed by atoms with Gasteiger partial charge >= 0.3 is 5.97 Å². The van der Waals surface area contributed by atoms with Gasteiger partial charge in [-0.25, -0.2) is 0 Å². The Kier molecular flexibility index (Phi) is 6.65.